The average Bonchev–Trinajstić information content (AvgIpc) is 2.92. The van der Waals surface area contributed by atoms with Crippen molar-refractivity contribution in [2.75, 3.05) is 0 Å². The Morgan fingerprint density at radius 2 is 1.58 bits per heavy atom. The molecule has 1 saturated heterocycles. The van der Waals surface area contributed by atoms with Crippen molar-refractivity contribution in [1.82, 2.24) is 0 Å². The zero-order chi connectivity index (χ0) is 7.45. The van der Waals surface area contributed by atoms with Gasteiger partial charge in [-0.05, 0) is 54.8 Å². The van der Waals surface area contributed by atoms with Gasteiger partial charge in [0.1, 0.15) is 0 Å². The van der Waals surface area contributed by atoms with Crippen molar-refractivity contribution in [3.05, 3.63) is 0 Å². The molecule has 64 valence electrons. The Morgan fingerprint density at radius 3 is 2.58 bits per heavy atom. The molecular formula is C11H14O. The first kappa shape index (κ1) is 5.64. The normalized spacial score (nSPS) is 80.0. The van der Waals surface area contributed by atoms with E-state index in [2.05, 4.69) is 0 Å². The van der Waals surface area contributed by atoms with Crippen molar-refractivity contribution in [1.29, 1.82) is 0 Å². The minimum atomic E-state index is 0.758. The Morgan fingerprint density at radius 1 is 0.750 bits per heavy atom. The lowest BCUT2D eigenvalue weighted by Gasteiger charge is -2.23. The van der Waals surface area contributed by atoms with E-state index in [0.29, 0.717) is 0 Å². The molecule has 1 nitrogen and oxygen atoms in total. The van der Waals surface area contributed by atoms with Crippen LogP contribution in [0, 0.1) is 35.5 Å². The summed E-state index contributed by atoms with van der Waals surface area (Å²) in [5, 5.41) is 0. The van der Waals surface area contributed by atoms with E-state index in [9.17, 15) is 0 Å². The number of epoxide rings is 1. The van der Waals surface area contributed by atoms with E-state index in [0.717, 1.165) is 35.9 Å². The molecule has 5 aliphatic rings. The predicted molar refractivity (Wildman–Crippen MR) is 43.5 cm³/mol. The first-order valence-corrected chi connectivity index (χ1v) is 5.59. The van der Waals surface area contributed by atoms with E-state index in [1.807, 2.05) is 0 Å². The average molecular weight is 162 g/mol. The molecule has 8 atom stereocenters. The van der Waals surface area contributed by atoms with Crippen LogP contribution in [0.15, 0.2) is 0 Å². The van der Waals surface area contributed by atoms with Crippen molar-refractivity contribution in [2.24, 2.45) is 35.5 Å². The molecule has 0 aromatic heterocycles. The molecule has 0 aromatic rings. The lowest BCUT2D eigenvalue weighted by atomic mass is 9.79. The monoisotopic (exact) mass is 162 g/mol. The third-order valence-electron chi connectivity index (χ3n) is 5.54. The maximum Gasteiger partial charge on any atom is 0.0875 e. The highest BCUT2D eigenvalue weighted by molar-refractivity contribution is 5.20. The zero-order valence-electron chi connectivity index (χ0n) is 7.15. The molecule has 1 heterocycles. The Labute approximate surface area is 72.5 Å². The highest BCUT2D eigenvalue weighted by Crippen LogP contribution is 2.73. The smallest absolute Gasteiger partial charge is 0.0875 e. The second kappa shape index (κ2) is 1.39. The molecule has 5 fully saturated rings. The molecule has 0 N–H and O–H groups in total. The minimum Gasteiger partial charge on any atom is -0.369 e. The Bertz CT molecular complexity index is 270. The first-order chi connectivity index (χ1) is 5.93. The second-order valence-electron chi connectivity index (χ2n) is 5.77. The van der Waals surface area contributed by atoms with Gasteiger partial charge in [0, 0.05) is 0 Å². The SMILES string of the molecule is C1C2CC3C4CC(C5OC45)C3C12. The van der Waals surface area contributed by atoms with Gasteiger partial charge in [0.2, 0.25) is 0 Å². The van der Waals surface area contributed by atoms with Crippen LogP contribution in [-0.4, -0.2) is 12.2 Å². The molecule has 4 aliphatic carbocycles. The number of fused-ring (bicyclic) bond motifs is 10. The molecule has 5 rings (SSSR count). The summed E-state index contributed by atoms with van der Waals surface area (Å²) in [4.78, 5) is 0. The summed E-state index contributed by atoms with van der Waals surface area (Å²) in [6, 6.07) is 0. The summed E-state index contributed by atoms with van der Waals surface area (Å²) < 4.78 is 5.74. The minimum absolute atomic E-state index is 0.758. The summed E-state index contributed by atoms with van der Waals surface area (Å²) in [6.07, 6.45) is 6.24. The van der Waals surface area contributed by atoms with E-state index in [-0.39, 0.29) is 0 Å². The van der Waals surface area contributed by atoms with Crippen LogP contribution in [-0.2, 0) is 4.74 Å². The zero-order valence-corrected chi connectivity index (χ0v) is 7.15. The number of ether oxygens (including phenoxy) is 1. The van der Waals surface area contributed by atoms with E-state index in [1.54, 1.807) is 19.3 Å². The van der Waals surface area contributed by atoms with Gasteiger partial charge in [0.15, 0.2) is 0 Å². The quantitative estimate of drug-likeness (QED) is 0.494. The summed E-state index contributed by atoms with van der Waals surface area (Å²) in [5.74, 6) is 6.68. The van der Waals surface area contributed by atoms with Gasteiger partial charge in [-0.1, -0.05) is 0 Å². The summed E-state index contributed by atoms with van der Waals surface area (Å²) in [6.45, 7) is 0. The van der Waals surface area contributed by atoms with Crippen LogP contribution >= 0.6 is 0 Å². The molecular weight excluding hydrogens is 148 g/mol. The molecule has 4 saturated carbocycles. The fourth-order valence-corrected chi connectivity index (χ4v) is 5.14. The van der Waals surface area contributed by atoms with Crippen molar-refractivity contribution < 1.29 is 4.74 Å². The highest BCUT2D eigenvalue weighted by atomic mass is 16.6. The van der Waals surface area contributed by atoms with Crippen molar-refractivity contribution in [2.45, 2.75) is 31.5 Å². The van der Waals surface area contributed by atoms with Gasteiger partial charge in [-0.3, -0.25) is 0 Å². The Hall–Kier alpha value is -0.0400. The van der Waals surface area contributed by atoms with E-state index < -0.39 is 0 Å². The third-order valence-corrected chi connectivity index (χ3v) is 5.54. The first-order valence-electron chi connectivity index (χ1n) is 5.59. The van der Waals surface area contributed by atoms with Gasteiger partial charge in [-0.15, -0.1) is 0 Å². The van der Waals surface area contributed by atoms with Crippen LogP contribution < -0.4 is 0 Å². The number of rotatable bonds is 0. The van der Waals surface area contributed by atoms with Crippen LogP contribution in [0.25, 0.3) is 0 Å². The largest absolute Gasteiger partial charge is 0.369 e. The van der Waals surface area contributed by atoms with Crippen LogP contribution in [0.2, 0.25) is 0 Å². The standard InChI is InChI=1S/C11H14O/c1-4-2-6-7-3-8(9(6)5(1)4)11-10(7)12-11/h4-11H,1-3H2. The predicted octanol–water partition coefficient (Wildman–Crippen LogP) is 1.68. The molecule has 0 aromatic carbocycles. The summed E-state index contributed by atoms with van der Waals surface area (Å²) in [5.41, 5.74) is 0. The number of hydrogen-bond acceptors (Lipinski definition) is 1. The Kier molecular flexibility index (Phi) is 0.654. The van der Waals surface area contributed by atoms with E-state index in [4.69, 9.17) is 4.74 Å². The van der Waals surface area contributed by atoms with Gasteiger partial charge < -0.3 is 4.74 Å². The molecule has 0 spiro atoms. The lowest BCUT2D eigenvalue weighted by Crippen LogP contribution is -2.25. The van der Waals surface area contributed by atoms with Crippen molar-refractivity contribution in [3.63, 3.8) is 0 Å². The van der Waals surface area contributed by atoms with E-state index in [1.165, 1.54) is 11.8 Å². The molecule has 8 unspecified atom stereocenters. The molecule has 1 heteroatoms. The molecule has 1 aliphatic heterocycles. The van der Waals surface area contributed by atoms with Gasteiger partial charge in [0.05, 0.1) is 12.2 Å². The molecule has 0 amide bonds. The highest BCUT2D eigenvalue weighted by Gasteiger charge is 2.73. The van der Waals surface area contributed by atoms with E-state index >= 15 is 0 Å². The third kappa shape index (κ3) is 0.414. The van der Waals surface area contributed by atoms with Crippen molar-refractivity contribution >= 4 is 0 Å². The maximum absolute atomic E-state index is 5.74. The number of hydrogen-bond donors (Lipinski definition) is 0. The lowest BCUT2D eigenvalue weighted by molar-refractivity contribution is 0.242. The maximum atomic E-state index is 5.74. The molecule has 2 bridgehead atoms. The van der Waals surface area contributed by atoms with Crippen LogP contribution in [0.1, 0.15) is 19.3 Å². The topological polar surface area (TPSA) is 12.5 Å². The van der Waals surface area contributed by atoms with Gasteiger partial charge >= 0.3 is 0 Å². The van der Waals surface area contributed by atoms with Crippen LogP contribution in [0.4, 0.5) is 0 Å². The van der Waals surface area contributed by atoms with Crippen molar-refractivity contribution in [3.8, 4) is 0 Å². The van der Waals surface area contributed by atoms with Gasteiger partial charge in [-0.25, -0.2) is 0 Å². The van der Waals surface area contributed by atoms with Gasteiger partial charge in [0.25, 0.3) is 0 Å². The fraction of sp³-hybridized carbons (Fsp3) is 1.00. The fourth-order valence-electron chi connectivity index (χ4n) is 5.14. The molecule has 0 radical (unpaired) electrons. The molecule has 12 heavy (non-hydrogen) atoms. The Balaban J connectivity index is 1.66. The second-order valence-corrected chi connectivity index (χ2v) is 5.77. The van der Waals surface area contributed by atoms with Crippen LogP contribution in [0.5, 0.6) is 0 Å². The van der Waals surface area contributed by atoms with Crippen LogP contribution in [0.3, 0.4) is 0 Å². The summed E-state index contributed by atoms with van der Waals surface area (Å²) in [7, 11) is 0. The summed E-state index contributed by atoms with van der Waals surface area (Å²) >= 11 is 0. The van der Waals surface area contributed by atoms with Gasteiger partial charge in [-0.2, -0.15) is 0 Å².